The van der Waals surface area contributed by atoms with E-state index in [1.807, 2.05) is 13.8 Å². The van der Waals surface area contributed by atoms with Crippen LogP contribution in [0.4, 0.5) is 5.69 Å². The molecule has 1 aliphatic rings. The van der Waals surface area contributed by atoms with Crippen molar-refractivity contribution in [2.45, 2.75) is 39.2 Å². The number of benzene rings is 2. The number of rotatable bonds is 7. The fraction of sp³-hybridized carbons (Fsp3) is 0.333. The van der Waals surface area contributed by atoms with Crippen molar-refractivity contribution >= 4 is 40.9 Å². The number of halogens is 1. The van der Waals surface area contributed by atoms with Crippen LogP contribution in [0.1, 0.15) is 43.5 Å². The molecule has 1 aliphatic heterocycles. The van der Waals surface area contributed by atoms with E-state index in [1.54, 1.807) is 42.5 Å². The van der Waals surface area contributed by atoms with Crippen LogP contribution >= 0.6 is 11.6 Å². The normalized spacial score (nSPS) is 15.7. The molecule has 1 atom stereocenters. The minimum atomic E-state index is -1.16. The Morgan fingerprint density at radius 3 is 2.39 bits per heavy atom. The van der Waals surface area contributed by atoms with Gasteiger partial charge in [0.25, 0.3) is 11.8 Å². The smallest absolute Gasteiger partial charge is 0.269 e. The van der Waals surface area contributed by atoms with E-state index in [1.165, 1.54) is 13.2 Å². The highest BCUT2D eigenvalue weighted by Crippen LogP contribution is 2.28. The number of carbonyl (C=O) groups is 4. The van der Waals surface area contributed by atoms with Crippen molar-refractivity contribution in [1.29, 1.82) is 0 Å². The van der Waals surface area contributed by atoms with E-state index >= 15 is 0 Å². The van der Waals surface area contributed by atoms with Gasteiger partial charge in [-0.05, 0) is 55.3 Å². The molecule has 4 amide bonds. The van der Waals surface area contributed by atoms with Crippen molar-refractivity contribution in [1.82, 2.24) is 10.4 Å². The molecule has 1 heterocycles. The maximum atomic E-state index is 13.3. The van der Waals surface area contributed by atoms with Gasteiger partial charge >= 0.3 is 0 Å². The first-order valence-electron chi connectivity index (χ1n) is 10.7. The molecule has 0 aliphatic carbocycles. The van der Waals surface area contributed by atoms with Gasteiger partial charge in [-0.25, -0.2) is 9.91 Å². The molecule has 0 bridgehead atoms. The Kier molecular flexibility index (Phi) is 7.71. The second-order valence-corrected chi connectivity index (χ2v) is 8.09. The fourth-order valence-corrected chi connectivity index (χ4v) is 3.94. The highest BCUT2D eigenvalue weighted by atomic mass is 35.5. The lowest BCUT2D eigenvalue weighted by Crippen LogP contribution is -2.56. The van der Waals surface area contributed by atoms with Gasteiger partial charge in [0.1, 0.15) is 11.8 Å². The van der Waals surface area contributed by atoms with Gasteiger partial charge in [0.15, 0.2) is 0 Å². The average molecular weight is 472 g/mol. The van der Waals surface area contributed by atoms with E-state index in [0.29, 0.717) is 29.3 Å². The fourth-order valence-electron chi connectivity index (χ4n) is 3.75. The van der Waals surface area contributed by atoms with E-state index in [9.17, 15) is 19.2 Å². The molecule has 33 heavy (non-hydrogen) atoms. The first-order chi connectivity index (χ1) is 15.8. The molecule has 8 nitrogen and oxygen atoms in total. The number of ether oxygens (including phenoxy) is 1. The summed E-state index contributed by atoms with van der Waals surface area (Å²) in [6.45, 7) is 3.71. The Morgan fingerprint density at radius 2 is 1.82 bits per heavy atom. The Labute approximate surface area is 197 Å². The number of nitrogens with one attached hydrogen (secondary N) is 1. The molecular weight excluding hydrogens is 446 g/mol. The first kappa shape index (κ1) is 24.3. The Hall–Kier alpha value is -3.39. The van der Waals surface area contributed by atoms with Gasteiger partial charge in [-0.2, -0.15) is 0 Å². The average Bonchev–Trinajstić information content (AvgIpc) is 3.11. The monoisotopic (exact) mass is 471 g/mol. The largest absolute Gasteiger partial charge is 0.497 e. The van der Waals surface area contributed by atoms with Crippen LogP contribution in [0.5, 0.6) is 5.75 Å². The summed E-state index contributed by atoms with van der Waals surface area (Å²) in [5, 5.41) is 1.38. The van der Waals surface area contributed by atoms with Gasteiger partial charge in [-0.1, -0.05) is 31.5 Å². The topological polar surface area (TPSA) is 96.0 Å². The maximum Gasteiger partial charge on any atom is 0.269 e. The molecule has 3 rings (SSSR count). The zero-order chi connectivity index (χ0) is 24.1. The summed E-state index contributed by atoms with van der Waals surface area (Å²) in [5.41, 5.74) is 3.15. The third-order valence-corrected chi connectivity index (χ3v) is 5.88. The van der Waals surface area contributed by atoms with Crippen LogP contribution in [0.15, 0.2) is 48.5 Å². The highest BCUT2D eigenvalue weighted by Gasteiger charge is 2.46. The maximum absolute atomic E-state index is 13.3. The minimum Gasteiger partial charge on any atom is -0.497 e. The molecule has 0 radical (unpaired) electrons. The summed E-state index contributed by atoms with van der Waals surface area (Å²) in [5.74, 6) is -1.90. The molecule has 1 unspecified atom stereocenters. The molecule has 0 saturated carbocycles. The van der Waals surface area contributed by atoms with E-state index in [2.05, 4.69) is 5.43 Å². The molecular formula is C24H26ClN3O5. The number of hydrogen-bond donors (Lipinski definition) is 1. The van der Waals surface area contributed by atoms with Crippen LogP contribution in [0.3, 0.4) is 0 Å². The lowest BCUT2D eigenvalue weighted by atomic mass is 10.0. The van der Waals surface area contributed by atoms with Gasteiger partial charge in [-0.15, -0.1) is 0 Å². The summed E-state index contributed by atoms with van der Waals surface area (Å²) in [4.78, 5) is 53.3. The van der Waals surface area contributed by atoms with Crippen molar-refractivity contribution in [3.8, 4) is 5.75 Å². The lowest BCUT2D eigenvalue weighted by Gasteiger charge is -2.30. The minimum absolute atomic E-state index is 0.230. The second kappa shape index (κ2) is 10.5. The van der Waals surface area contributed by atoms with Crippen molar-refractivity contribution in [2.24, 2.45) is 5.92 Å². The molecule has 9 heteroatoms. The molecule has 0 spiro atoms. The van der Waals surface area contributed by atoms with Gasteiger partial charge in [-0.3, -0.25) is 24.6 Å². The molecule has 1 N–H and O–H groups in total. The second-order valence-electron chi connectivity index (χ2n) is 7.66. The number of nitrogens with zero attached hydrogens (tertiary/aromatic N) is 2. The molecule has 1 fully saturated rings. The van der Waals surface area contributed by atoms with Crippen molar-refractivity contribution in [2.75, 3.05) is 12.0 Å². The molecule has 1 saturated heterocycles. The van der Waals surface area contributed by atoms with Crippen LogP contribution in [0.2, 0.25) is 5.02 Å². The van der Waals surface area contributed by atoms with Crippen molar-refractivity contribution < 1.29 is 23.9 Å². The lowest BCUT2D eigenvalue weighted by molar-refractivity contribution is -0.145. The Bertz CT molecular complexity index is 1050. The third kappa shape index (κ3) is 5.17. The molecule has 174 valence electrons. The van der Waals surface area contributed by atoms with Crippen molar-refractivity contribution in [3.05, 3.63) is 59.1 Å². The molecule has 2 aromatic carbocycles. The number of anilines is 1. The standard InChI is InChI=1S/C24H26ClN3O5/c1-4-15(5-2)23(31)28(26-22(30)16-7-6-8-17(25)13-16)20-14-21(29)27(24(20)32)18-9-11-19(33-3)12-10-18/h6-13,15,20H,4-5,14H2,1-3H3,(H,26,30). The zero-order valence-electron chi connectivity index (χ0n) is 18.7. The van der Waals surface area contributed by atoms with E-state index in [4.69, 9.17) is 16.3 Å². The number of hydrogen-bond acceptors (Lipinski definition) is 5. The summed E-state index contributed by atoms with van der Waals surface area (Å²) in [7, 11) is 1.52. The third-order valence-electron chi connectivity index (χ3n) is 5.65. The van der Waals surface area contributed by atoms with Crippen molar-refractivity contribution in [3.63, 3.8) is 0 Å². The highest BCUT2D eigenvalue weighted by molar-refractivity contribution is 6.31. The Balaban J connectivity index is 1.92. The zero-order valence-corrected chi connectivity index (χ0v) is 19.5. The van der Waals surface area contributed by atoms with E-state index < -0.39 is 35.6 Å². The van der Waals surface area contributed by atoms with Gasteiger partial charge in [0.05, 0.1) is 19.2 Å². The SMILES string of the molecule is CCC(CC)C(=O)N(NC(=O)c1cccc(Cl)c1)C1CC(=O)N(c2ccc(OC)cc2)C1=O. The van der Waals surface area contributed by atoms with Crippen LogP contribution in [-0.2, 0) is 14.4 Å². The number of imide groups is 1. The van der Waals surface area contributed by atoms with E-state index in [-0.39, 0.29) is 12.0 Å². The van der Waals surface area contributed by atoms with E-state index in [0.717, 1.165) is 9.91 Å². The number of amides is 4. The Morgan fingerprint density at radius 1 is 1.15 bits per heavy atom. The van der Waals surface area contributed by atoms with Gasteiger partial charge in [0.2, 0.25) is 11.8 Å². The molecule has 2 aromatic rings. The number of methoxy groups -OCH3 is 1. The van der Waals surface area contributed by atoms with Crippen LogP contribution < -0.4 is 15.1 Å². The predicted molar refractivity (Wildman–Crippen MR) is 124 cm³/mol. The van der Waals surface area contributed by atoms with Crippen LogP contribution in [-0.4, -0.2) is 41.8 Å². The summed E-state index contributed by atoms with van der Waals surface area (Å²) in [6, 6.07) is 11.5. The summed E-state index contributed by atoms with van der Waals surface area (Å²) in [6.07, 6.45) is 0.804. The van der Waals surface area contributed by atoms with Crippen LogP contribution in [0.25, 0.3) is 0 Å². The molecule has 0 aromatic heterocycles. The van der Waals surface area contributed by atoms with Gasteiger partial charge < -0.3 is 4.74 Å². The summed E-state index contributed by atoms with van der Waals surface area (Å²) >= 11 is 5.99. The number of carbonyl (C=O) groups excluding carboxylic acids is 4. The predicted octanol–water partition coefficient (Wildman–Crippen LogP) is 3.59. The number of hydrazine groups is 1. The summed E-state index contributed by atoms with van der Waals surface area (Å²) < 4.78 is 5.12. The quantitative estimate of drug-likeness (QED) is 0.491. The first-order valence-corrected chi connectivity index (χ1v) is 11.1. The van der Waals surface area contributed by atoms with Gasteiger partial charge in [0, 0.05) is 16.5 Å². The van der Waals surface area contributed by atoms with Crippen LogP contribution in [0, 0.1) is 5.92 Å².